The van der Waals surface area contributed by atoms with Crippen LogP contribution in [0.5, 0.6) is 0 Å². The largest absolute Gasteiger partial charge is 0.309 e. The standard InChI is InChI=1S/C54H34N4/c1-2-16-37(17-3-1)55-49-26-12-28-51-53(49)54-50(55)27-13-29-52(54)58(51)39-19-11-15-36(33-39)35-14-10-18-38(32-35)56-47-25-9-6-22-43(47)44-34-40(30-31-48(44)56)57-45-23-7-4-20-41(45)42-21-5-8-24-46(42)57/h1-34H. The summed E-state index contributed by atoms with van der Waals surface area (Å²) in [6.07, 6.45) is 0. The summed E-state index contributed by atoms with van der Waals surface area (Å²) in [5.41, 5.74) is 16.7. The van der Waals surface area contributed by atoms with E-state index in [0.717, 1.165) is 17.1 Å². The molecule has 58 heavy (non-hydrogen) atoms. The topological polar surface area (TPSA) is 19.7 Å². The van der Waals surface area contributed by atoms with Crippen molar-refractivity contribution in [2.45, 2.75) is 0 Å². The van der Waals surface area contributed by atoms with Crippen molar-refractivity contribution in [3.05, 3.63) is 206 Å². The number of nitrogens with zero attached hydrogens (tertiary/aromatic N) is 4. The summed E-state index contributed by atoms with van der Waals surface area (Å²) in [6, 6.07) is 75.3. The van der Waals surface area contributed by atoms with Gasteiger partial charge in [0.25, 0.3) is 0 Å². The molecule has 0 N–H and O–H groups in total. The average Bonchev–Trinajstić information content (AvgIpc) is 4.02. The molecule has 0 amide bonds. The van der Waals surface area contributed by atoms with Crippen molar-refractivity contribution < 1.29 is 0 Å². The highest BCUT2D eigenvalue weighted by Gasteiger charge is 2.22. The molecule has 13 aromatic rings. The van der Waals surface area contributed by atoms with Gasteiger partial charge in [0.15, 0.2) is 0 Å². The predicted molar refractivity (Wildman–Crippen MR) is 243 cm³/mol. The molecule has 0 aliphatic heterocycles. The summed E-state index contributed by atoms with van der Waals surface area (Å²) in [4.78, 5) is 0. The second-order valence-electron chi connectivity index (χ2n) is 15.4. The van der Waals surface area contributed by atoms with Crippen molar-refractivity contribution in [1.82, 2.24) is 18.3 Å². The Labute approximate surface area is 333 Å². The Morgan fingerprint density at radius 3 is 1.07 bits per heavy atom. The monoisotopic (exact) mass is 738 g/mol. The maximum Gasteiger partial charge on any atom is 0.0563 e. The van der Waals surface area contributed by atoms with Crippen LogP contribution in [-0.2, 0) is 0 Å². The second-order valence-corrected chi connectivity index (χ2v) is 15.4. The van der Waals surface area contributed by atoms with Crippen LogP contribution in [-0.4, -0.2) is 18.3 Å². The molecule has 0 aliphatic rings. The van der Waals surface area contributed by atoms with E-state index in [9.17, 15) is 0 Å². The highest BCUT2D eigenvalue weighted by molar-refractivity contribution is 6.25. The Morgan fingerprint density at radius 2 is 0.552 bits per heavy atom. The molecule has 0 spiro atoms. The number of benzene rings is 9. The van der Waals surface area contributed by atoms with Gasteiger partial charge in [0.05, 0.1) is 44.1 Å². The van der Waals surface area contributed by atoms with Crippen LogP contribution in [0.3, 0.4) is 0 Å². The van der Waals surface area contributed by atoms with Gasteiger partial charge in [-0.2, -0.15) is 0 Å². The van der Waals surface area contributed by atoms with E-state index in [0.29, 0.717) is 0 Å². The van der Waals surface area contributed by atoms with Crippen molar-refractivity contribution >= 4 is 76.5 Å². The van der Waals surface area contributed by atoms with Gasteiger partial charge in [-0.15, -0.1) is 0 Å². The zero-order valence-corrected chi connectivity index (χ0v) is 31.4. The van der Waals surface area contributed by atoms with Gasteiger partial charge in [0.1, 0.15) is 0 Å². The van der Waals surface area contributed by atoms with Crippen molar-refractivity contribution in [2.24, 2.45) is 0 Å². The zero-order valence-electron chi connectivity index (χ0n) is 31.4. The van der Waals surface area contributed by atoms with Crippen molar-refractivity contribution in [2.75, 3.05) is 0 Å². The van der Waals surface area contributed by atoms with Gasteiger partial charge in [0.2, 0.25) is 0 Å². The van der Waals surface area contributed by atoms with Gasteiger partial charge >= 0.3 is 0 Å². The van der Waals surface area contributed by atoms with Crippen LogP contribution < -0.4 is 0 Å². The molecule has 0 bridgehead atoms. The molecule has 0 saturated carbocycles. The quantitative estimate of drug-likeness (QED) is 0.168. The fourth-order valence-corrected chi connectivity index (χ4v) is 9.94. The Kier molecular flexibility index (Phi) is 6.41. The summed E-state index contributed by atoms with van der Waals surface area (Å²) in [5, 5.41) is 7.62. The SMILES string of the molecule is c1ccc(-n2c3cccc4c3c3c2cccc3n4-c2cccc(-c3cccc(-n4c5ccccc5c5cc(-n6c7ccccc7c7ccccc76)ccc54)c3)c2)cc1. The molecule has 0 aliphatic carbocycles. The third-order valence-electron chi connectivity index (χ3n) is 12.3. The smallest absolute Gasteiger partial charge is 0.0563 e. The molecule has 270 valence electrons. The van der Waals surface area contributed by atoms with E-state index in [4.69, 9.17) is 0 Å². The molecule has 0 saturated heterocycles. The molecule has 4 nitrogen and oxygen atoms in total. The lowest BCUT2D eigenvalue weighted by Crippen LogP contribution is -1.98. The van der Waals surface area contributed by atoms with Crippen LogP contribution in [0.1, 0.15) is 0 Å². The maximum atomic E-state index is 2.44. The summed E-state index contributed by atoms with van der Waals surface area (Å²) in [5.74, 6) is 0. The number of rotatable bonds is 5. The van der Waals surface area contributed by atoms with Crippen molar-refractivity contribution in [3.8, 4) is 33.9 Å². The number of para-hydroxylation sites is 4. The van der Waals surface area contributed by atoms with Crippen LogP contribution in [0.2, 0.25) is 0 Å². The first kappa shape index (κ1) is 31.4. The maximum absolute atomic E-state index is 2.44. The number of fused-ring (bicyclic) bond motifs is 6. The summed E-state index contributed by atoms with van der Waals surface area (Å²) >= 11 is 0. The van der Waals surface area contributed by atoms with Gasteiger partial charge in [-0.25, -0.2) is 0 Å². The number of hydrogen-bond donors (Lipinski definition) is 0. The third-order valence-corrected chi connectivity index (χ3v) is 12.3. The zero-order chi connectivity index (χ0) is 37.9. The van der Waals surface area contributed by atoms with Crippen LogP contribution in [0.15, 0.2) is 206 Å². The highest BCUT2D eigenvalue weighted by atomic mass is 15.0. The Balaban J connectivity index is 0.955. The lowest BCUT2D eigenvalue weighted by atomic mass is 10.0. The fraction of sp³-hybridized carbons (Fsp3) is 0. The molecule has 0 radical (unpaired) electrons. The minimum absolute atomic E-state index is 1.14. The number of aromatic nitrogens is 4. The van der Waals surface area contributed by atoms with Crippen molar-refractivity contribution in [1.29, 1.82) is 0 Å². The van der Waals surface area contributed by atoms with Gasteiger partial charge in [-0.3, -0.25) is 0 Å². The van der Waals surface area contributed by atoms with E-state index in [1.54, 1.807) is 0 Å². The highest BCUT2D eigenvalue weighted by Crippen LogP contribution is 2.43. The Morgan fingerprint density at radius 1 is 0.207 bits per heavy atom. The van der Waals surface area contributed by atoms with Crippen LogP contribution in [0.25, 0.3) is 110 Å². The minimum atomic E-state index is 1.14. The van der Waals surface area contributed by atoms with Gasteiger partial charge < -0.3 is 18.3 Å². The molecule has 4 heteroatoms. The molecular weight excluding hydrogens is 705 g/mol. The second kappa shape index (κ2) is 11.8. The van der Waals surface area contributed by atoms with Crippen LogP contribution >= 0.6 is 0 Å². The number of hydrogen-bond acceptors (Lipinski definition) is 0. The lowest BCUT2D eigenvalue weighted by molar-refractivity contribution is 1.16. The molecule has 13 rings (SSSR count). The normalized spacial score (nSPS) is 12.1. The van der Waals surface area contributed by atoms with E-state index in [-0.39, 0.29) is 0 Å². The molecule has 4 aromatic heterocycles. The molecule has 9 aromatic carbocycles. The molecular formula is C54H34N4. The third kappa shape index (κ3) is 4.29. The Bertz CT molecular complexity index is 3620. The van der Waals surface area contributed by atoms with Gasteiger partial charge in [-0.1, -0.05) is 109 Å². The van der Waals surface area contributed by atoms with E-state index >= 15 is 0 Å². The predicted octanol–water partition coefficient (Wildman–Crippen LogP) is 14.0. The first-order chi connectivity index (χ1) is 28.8. The van der Waals surface area contributed by atoms with Crippen LogP contribution in [0, 0.1) is 0 Å². The summed E-state index contributed by atoms with van der Waals surface area (Å²) < 4.78 is 9.67. The minimum Gasteiger partial charge on any atom is -0.309 e. The lowest BCUT2D eigenvalue weighted by Gasteiger charge is -2.14. The van der Waals surface area contributed by atoms with E-state index in [1.807, 2.05) is 0 Å². The van der Waals surface area contributed by atoms with Gasteiger partial charge in [-0.05, 0) is 108 Å². The molecule has 0 fully saturated rings. The van der Waals surface area contributed by atoms with Crippen LogP contribution in [0.4, 0.5) is 0 Å². The van der Waals surface area contributed by atoms with Gasteiger partial charge in [0, 0.05) is 55.1 Å². The van der Waals surface area contributed by atoms with E-state index < -0.39 is 0 Å². The summed E-state index contributed by atoms with van der Waals surface area (Å²) in [6.45, 7) is 0. The summed E-state index contributed by atoms with van der Waals surface area (Å²) in [7, 11) is 0. The average molecular weight is 739 g/mol. The first-order valence-electron chi connectivity index (χ1n) is 19.9. The molecule has 4 heterocycles. The van der Waals surface area contributed by atoms with E-state index in [1.165, 1.54) is 93.3 Å². The molecule has 0 unspecified atom stereocenters. The Hall–Kier alpha value is -7.82. The van der Waals surface area contributed by atoms with E-state index in [2.05, 4.69) is 225 Å². The van der Waals surface area contributed by atoms with Crippen molar-refractivity contribution in [3.63, 3.8) is 0 Å². The fourth-order valence-electron chi connectivity index (χ4n) is 9.94. The first-order valence-corrected chi connectivity index (χ1v) is 19.9. The molecule has 0 atom stereocenters.